The maximum Gasteiger partial charge on any atom is 0.231 e. The predicted octanol–water partition coefficient (Wildman–Crippen LogP) is 4.36. The molecule has 1 amide bonds. The minimum absolute atomic E-state index is 0.0366. The number of ether oxygens (including phenoxy) is 2. The van der Waals surface area contributed by atoms with Crippen molar-refractivity contribution in [1.82, 2.24) is 0 Å². The van der Waals surface area contributed by atoms with Crippen molar-refractivity contribution in [3.63, 3.8) is 0 Å². The van der Waals surface area contributed by atoms with Gasteiger partial charge in [-0.25, -0.2) is 0 Å². The number of nitrogens with one attached hydrogen (secondary N) is 1. The molecule has 3 rings (SSSR count). The maximum absolute atomic E-state index is 12.5. The summed E-state index contributed by atoms with van der Waals surface area (Å²) in [6.07, 6.45) is 1.05. The molecule has 4 heteroatoms. The van der Waals surface area contributed by atoms with Crippen molar-refractivity contribution in [2.45, 2.75) is 33.1 Å². The third-order valence-electron chi connectivity index (χ3n) is 4.16. The van der Waals surface area contributed by atoms with E-state index >= 15 is 0 Å². The fraction of sp³-hybridized carbons (Fsp3) is 0.350. The summed E-state index contributed by atoms with van der Waals surface area (Å²) in [4.78, 5) is 12.5. The first kappa shape index (κ1) is 16.4. The summed E-state index contributed by atoms with van der Waals surface area (Å²) < 4.78 is 10.6. The molecule has 0 aliphatic carbocycles. The van der Waals surface area contributed by atoms with Crippen molar-refractivity contribution in [2.75, 3.05) is 12.1 Å². The first-order valence-electron chi connectivity index (χ1n) is 8.32. The zero-order valence-electron chi connectivity index (χ0n) is 14.3. The summed E-state index contributed by atoms with van der Waals surface area (Å²) in [6.45, 7) is 6.55. The molecule has 0 fully saturated rings. The highest BCUT2D eigenvalue weighted by molar-refractivity contribution is 5.95. The highest BCUT2D eigenvalue weighted by Crippen LogP contribution is 2.34. The van der Waals surface area contributed by atoms with Crippen molar-refractivity contribution in [3.8, 4) is 11.5 Å². The molecule has 4 nitrogen and oxygen atoms in total. The monoisotopic (exact) mass is 325 g/mol. The zero-order valence-corrected chi connectivity index (χ0v) is 14.3. The molecule has 0 radical (unpaired) electrons. The molecule has 2 aromatic rings. The first-order chi connectivity index (χ1) is 11.5. The molecule has 0 saturated heterocycles. The highest BCUT2D eigenvalue weighted by atomic mass is 16.7. The average molecular weight is 325 g/mol. The lowest BCUT2D eigenvalue weighted by atomic mass is 9.96. The molecular formula is C20H23NO3. The van der Waals surface area contributed by atoms with Crippen LogP contribution in [-0.2, 0) is 11.2 Å². The topological polar surface area (TPSA) is 47.6 Å². The Hall–Kier alpha value is -2.49. The van der Waals surface area contributed by atoms with Crippen LogP contribution in [0.5, 0.6) is 11.5 Å². The Kier molecular flexibility index (Phi) is 4.74. The van der Waals surface area contributed by atoms with Crippen LogP contribution in [0.3, 0.4) is 0 Å². The van der Waals surface area contributed by atoms with Crippen LogP contribution in [0, 0.1) is 5.92 Å². The van der Waals surface area contributed by atoms with Gasteiger partial charge in [-0.2, -0.15) is 0 Å². The van der Waals surface area contributed by atoms with E-state index in [2.05, 4.69) is 31.3 Å². The lowest BCUT2D eigenvalue weighted by Gasteiger charge is -2.14. The van der Waals surface area contributed by atoms with Gasteiger partial charge < -0.3 is 14.8 Å². The number of carbonyl (C=O) groups excluding carboxylic acids is 1. The third kappa shape index (κ3) is 3.70. The van der Waals surface area contributed by atoms with Gasteiger partial charge in [0.15, 0.2) is 11.5 Å². The largest absolute Gasteiger partial charge is 0.454 e. The zero-order chi connectivity index (χ0) is 17.1. The van der Waals surface area contributed by atoms with Gasteiger partial charge in [-0.05, 0) is 42.5 Å². The lowest BCUT2D eigenvalue weighted by molar-refractivity contribution is -0.117. The summed E-state index contributed by atoms with van der Waals surface area (Å²) in [5.74, 6) is 1.75. The number of fused-ring (bicyclic) bond motifs is 1. The summed E-state index contributed by atoms with van der Waals surface area (Å²) >= 11 is 0. The summed E-state index contributed by atoms with van der Waals surface area (Å²) in [6, 6.07) is 13.7. The molecule has 1 aliphatic rings. The summed E-state index contributed by atoms with van der Waals surface area (Å²) in [7, 11) is 0. The standard InChI is InChI=1S/C20H23NO3/c1-13(2)10-15-4-6-16(7-5-15)14(3)20(22)21-17-8-9-18-19(11-17)24-12-23-18/h4-9,11,13-14H,10,12H2,1-3H3,(H,21,22)/t14-/m0/s1. The van der Waals surface area contributed by atoms with Crippen LogP contribution in [-0.4, -0.2) is 12.7 Å². The molecule has 1 N–H and O–H groups in total. The Balaban J connectivity index is 1.66. The Morgan fingerprint density at radius 2 is 1.75 bits per heavy atom. The van der Waals surface area contributed by atoms with Crippen molar-refractivity contribution in [2.24, 2.45) is 5.92 Å². The van der Waals surface area contributed by atoms with E-state index in [1.165, 1.54) is 5.56 Å². The molecule has 0 saturated carbocycles. The van der Waals surface area contributed by atoms with Gasteiger partial charge in [-0.1, -0.05) is 38.1 Å². The molecular weight excluding hydrogens is 302 g/mol. The number of amides is 1. The van der Waals surface area contributed by atoms with Crippen molar-refractivity contribution < 1.29 is 14.3 Å². The van der Waals surface area contributed by atoms with Crippen LogP contribution in [0.1, 0.15) is 37.8 Å². The van der Waals surface area contributed by atoms with Crippen molar-refractivity contribution in [3.05, 3.63) is 53.6 Å². The van der Waals surface area contributed by atoms with E-state index in [1.807, 2.05) is 31.2 Å². The first-order valence-corrected chi connectivity index (χ1v) is 8.32. The molecule has 1 heterocycles. The van der Waals surface area contributed by atoms with E-state index in [-0.39, 0.29) is 18.6 Å². The van der Waals surface area contributed by atoms with E-state index in [0.717, 1.165) is 12.0 Å². The number of carbonyl (C=O) groups is 1. The van der Waals surface area contributed by atoms with Crippen LogP contribution in [0.25, 0.3) is 0 Å². The number of hydrogen-bond acceptors (Lipinski definition) is 3. The highest BCUT2D eigenvalue weighted by Gasteiger charge is 2.18. The molecule has 2 aromatic carbocycles. The van der Waals surface area contributed by atoms with Gasteiger partial charge in [-0.15, -0.1) is 0 Å². The van der Waals surface area contributed by atoms with Gasteiger partial charge in [0, 0.05) is 11.8 Å². The molecule has 24 heavy (non-hydrogen) atoms. The molecule has 0 spiro atoms. The minimum Gasteiger partial charge on any atom is -0.454 e. The fourth-order valence-electron chi connectivity index (χ4n) is 2.79. The van der Waals surface area contributed by atoms with Crippen molar-refractivity contribution in [1.29, 1.82) is 0 Å². The molecule has 0 bridgehead atoms. The Bertz CT molecular complexity index is 722. The maximum atomic E-state index is 12.5. The Morgan fingerprint density at radius 1 is 1.04 bits per heavy atom. The number of benzene rings is 2. The fourth-order valence-corrected chi connectivity index (χ4v) is 2.79. The van der Waals surface area contributed by atoms with Crippen LogP contribution >= 0.6 is 0 Å². The smallest absolute Gasteiger partial charge is 0.231 e. The van der Waals surface area contributed by atoms with Gasteiger partial charge in [0.1, 0.15) is 0 Å². The summed E-state index contributed by atoms with van der Waals surface area (Å²) in [5, 5.41) is 2.94. The van der Waals surface area contributed by atoms with Crippen molar-refractivity contribution >= 4 is 11.6 Å². The van der Waals surface area contributed by atoms with Gasteiger partial charge in [0.05, 0.1) is 5.92 Å². The third-order valence-corrected chi connectivity index (χ3v) is 4.16. The van der Waals surface area contributed by atoms with E-state index in [4.69, 9.17) is 9.47 Å². The molecule has 0 aromatic heterocycles. The molecule has 0 unspecified atom stereocenters. The molecule has 126 valence electrons. The average Bonchev–Trinajstić information content (AvgIpc) is 3.02. The van der Waals surface area contributed by atoms with Gasteiger partial charge in [0.2, 0.25) is 12.7 Å². The second-order valence-electron chi connectivity index (χ2n) is 6.62. The Morgan fingerprint density at radius 3 is 2.46 bits per heavy atom. The molecule has 1 atom stereocenters. The molecule has 1 aliphatic heterocycles. The van der Waals surface area contributed by atoms with Crippen LogP contribution < -0.4 is 14.8 Å². The van der Waals surface area contributed by atoms with Gasteiger partial charge in [0.25, 0.3) is 0 Å². The SMILES string of the molecule is CC(C)Cc1ccc([C@H](C)C(=O)Nc2ccc3c(c2)OCO3)cc1. The van der Waals surface area contributed by atoms with E-state index in [9.17, 15) is 4.79 Å². The van der Waals surface area contributed by atoms with E-state index in [1.54, 1.807) is 6.07 Å². The number of anilines is 1. The number of rotatable bonds is 5. The van der Waals surface area contributed by atoms with Crippen LogP contribution in [0.4, 0.5) is 5.69 Å². The van der Waals surface area contributed by atoms with Crippen LogP contribution in [0.2, 0.25) is 0 Å². The number of hydrogen-bond donors (Lipinski definition) is 1. The van der Waals surface area contributed by atoms with Crippen LogP contribution in [0.15, 0.2) is 42.5 Å². The quantitative estimate of drug-likeness (QED) is 0.888. The second kappa shape index (κ2) is 6.95. The van der Waals surface area contributed by atoms with Gasteiger partial charge in [-0.3, -0.25) is 4.79 Å². The normalized spacial score (nSPS) is 13.8. The van der Waals surface area contributed by atoms with E-state index in [0.29, 0.717) is 23.1 Å². The van der Waals surface area contributed by atoms with E-state index < -0.39 is 0 Å². The predicted molar refractivity (Wildman–Crippen MR) is 94.6 cm³/mol. The second-order valence-corrected chi connectivity index (χ2v) is 6.62. The van der Waals surface area contributed by atoms with Gasteiger partial charge >= 0.3 is 0 Å². The summed E-state index contributed by atoms with van der Waals surface area (Å²) in [5.41, 5.74) is 3.03. The minimum atomic E-state index is -0.219. The Labute approximate surface area is 142 Å². The lowest BCUT2D eigenvalue weighted by Crippen LogP contribution is -2.18.